The first kappa shape index (κ1) is 22.9. The molecule has 3 aliphatic rings. The highest BCUT2D eigenvalue weighted by Crippen LogP contribution is 2.28. The Bertz CT molecular complexity index is 966. The van der Waals surface area contributed by atoms with Gasteiger partial charge in [0.05, 0.1) is 12.3 Å². The molecule has 2 heterocycles. The number of benzene rings is 1. The van der Waals surface area contributed by atoms with Gasteiger partial charge in [0.2, 0.25) is 15.9 Å². The van der Waals surface area contributed by atoms with Crippen molar-refractivity contribution in [3.05, 3.63) is 29.3 Å². The lowest BCUT2D eigenvalue weighted by Crippen LogP contribution is -2.56. The highest BCUT2D eigenvalue weighted by molar-refractivity contribution is 7.89. The van der Waals surface area contributed by atoms with Crippen molar-refractivity contribution in [2.45, 2.75) is 52.0 Å². The summed E-state index contributed by atoms with van der Waals surface area (Å²) in [6.45, 7) is 6.56. The van der Waals surface area contributed by atoms with Crippen LogP contribution in [0, 0.1) is 19.8 Å². The molecule has 8 nitrogen and oxygen atoms in total. The van der Waals surface area contributed by atoms with Gasteiger partial charge in [0.1, 0.15) is 6.04 Å². The number of rotatable bonds is 5. The largest absolute Gasteiger partial charge is 0.368 e. The van der Waals surface area contributed by atoms with Crippen molar-refractivity contribution in [1.82, 2.24) is 14.5 Å². The zero-order valence-electron chi connectivity index (χ0n) is 19.0. The number of anilines is 1. The lowest BCUT2D eigenvalue weighted by atomic mass is 9.91. The number of carbonyl (C=O) groups is 2. The molecule has 4 rings (SSSR count). The van der Waals surface area contributed by atoms with Crippen molar-refractivity contribution in [1.29, 1.82) is 0 Å². The average molecular weight is 463 g/mol. The number of piperazine rings is 1. The van der Waals surface area contributed by atoms with Crippen LogP contribution in [0.1, 0.15) is 43.2 Å². The summed E-state index contributed by atoms with van der Waals surface area (Å²) in [4.78, 5) is 29.7. The normalized spacial score (nSPS) is 22.9. The van der Waals surface area contributed by atoms with Gasteiger partial charge < -0.3 is 15.1 Å². The Morgan fingerprint density at radius 2 is 1.75 bits per heavy atom. The Kier molecular flexibility index (Phi) is 6.65. The highest BCUT2D eigenvalue weighted by Gasteiger charge is 2.46. The molecule has 1 aromatic carbocycles. The molecule has 9 heteroatoms. The molecular weight excluding hydrogens is 428 g/mol. The summed E-state index contributed by atoms with van der Waals surface area (Å²) < 4.78 is 27.0. The van der Waals surface area contributed by atoms with Crippen LogP contribution < -0.4 is 10.2 Å². The standard InChI is InChI=1S/C23H34N4O4S/c1-17-8-9-18(2)20(14-17)25-10-12-26(13-11-25)22(28)21-15-24-23(29)27(21)32(30,31)16-19-6-4-3-5-7-19/h8-9,14,19,21H,3-7,10-13,15-16H2,1-2H3,(H,24,29)/t21-/m0/s1. The molecule has 2 saturated heterocycles. The molecule has 1 aliphatic carbocycles. The molecule has 2 aliphatic heterocycles. The molecule has 1 N–H and O–H groups in total. The van der Waals surface area contributed by atoms with E-state index < -0.39 is 22.1 Å². The summed E-state index contributed by atoms with van der Waals surface area (Å²) in [5.74, 6) is -0.264. The molecule has 0 spiro atoms. The molecule has 32 heavy (non-hydrogen) atoms. The van der Waals surface area contributed by atoms with Crippen LogP contribution in [0.2, 0.25) is 0 Å². The van der Waals surface area contributed by atoms with Crippen molar-refractivity contribution < 1.29 is 18.0 Å². The van der Waals surface area contributed by atoms with Gasteiger partial charge in [0.15, 0.2) is 0 Å². The average Bonchev–Trinajstić information content (AvgIpc) is 3.18. The van der Waals surface area contributed by atoms with Crippen LogP contribution in [0.3, 0.4) is 0 Å². The molecule has 0 unspecified atom stereocenters. The van der Waals surface area contributed by atoms with Crippen molar-refractivity contribution in [3.63, 3.8) is 0 Å². The van der Waals surface area contributed by atoms with E-state index >= 15 is 0 Å². The molecular formula is C23H34N4O4S. The molecule has 0 bridgehead atoms. The van der Waals surface area contributed by atoms with Crippen molar-refractivity contribution in [2.24, 2.45) is 5.92 Å². The van der Waals surface area contributed by atoms with Crippen molar-refractivity contribution >= 4 is 27.6 Å². The van der Waals surface area contributed by atoms with Gasteiger partial charge in [-0.25, -0.2) is 17.5 Å². The summed E-state index contributed by atoms with van der Waals surface area (Å²) in [5, 5.41) is 2.58. The maximum Gasteiger partial charge on any atom is 0.331 e. The quantitative estimate of drug-likeness (QED) is 0.725. The van der Waals surface area contributed by atoms with E-state index in [2.05, 4.69) is 42.3 Å². The number of urea groups is 1. The number of hydrogen-bond acceptors (Lipinski definition) is 5. The lowest BCUT2D eigenvalue weighted by molar-refractivity contribution is -0.134. The Labute approximate surface area is 191 Å². The molecule has 3 fully saturated rings. The summed E-state index contributed by atoms with van der Waals surface area (Å²) in [7, 11) is -3.84. The monoisotopic (exact) mass is 462 g/mol. The van der Waals surface area contributed by atoms with Gasteiger partial charge in [0, 0.05) is 31.9 Å². The smallest absolute Gasteiger partial charge is 0.331 e. The van der Waals surface area contributed by atoms with Crippen molar-refractivity contribution in [2.75, 3.05) is 43.4 Å². The number of hydrogen-bond donors (Lipinski definition) is 1. The van der Waals surface area contributed by atoms with Crippen LogP contribution in [-0.2, 0) is 14.8 Å². The third-order valence-electron chi connectivity index (χ3n) is 6.98. The maximum atomic E-state index is 13.3. The highest BCUT2D eigenvalue weighted by atomic mass is 32.2. The van der Waals surface area contributed by atoms with Crippen LogP contribution in [0.4, 0.5) is 10.5 Å². The Morgan fingerprint density at radius 3 is 2.44 bits per heavy atom. The van der Waals surface area contributed by atoms with Crippen LogP contribution >= 0.6 is 0 Å². The van der Waals surface area contributed by atoms with Gasteiger partial charge in [-0.2, -0.15) is 0 Å². The topological polar surface area (TPSA) is 90.0 Å². The first-order valence-electron chi connectivity index (χ1n) is 11.7. The second-order valence-corrected chi connectivity index (χ2v) is 11.3. The molecule has 1 saturated carbocycles. The van der Waals surface area contributed by atoms with Gasteiger partial charge in [-0.1, -0.05) is 31.4 Å². The fourth-order valence-corrected chi connectivity index (χ4v) is 7.12. The molecule has 1 aromatic rings. The Balaban J connectivity index is 1.42. The van der Waals surface area contributed by atoms with Crippen LogP contribution in [0.5, 0.6) is 0 Å². The van der Waals surface area contributed by atoms with E-state index in [9.17, 15) is 18.0 Å². The number of nitrogens with zero attached hydrogens (tertiary/aromatic N) is 3. The maximum absolute atomic E-state index is 13.3. The van der Waals surface area contributed by atoms with Crippen LogP contribution in [-0.4, -0.2) is 74.1 Å². The minimum absolute atomic E-state index is 0.0404. The van der Waals surface area contributed by atoms with Crippen LogP contribution in [0.25, 0.3) is 0 Å². The lowest BCUT2D eigenvalue weighted by Gasteiger charge is -2.38. The first-order valence-corrected chi connectivity index (χ1v) is 13.3. The summed E-state index contributed by atoms with van der Waals surface area (Å²) in [5.41, 5.74) is 3.56. The SMILES string of the molecule is Cc1ccc(C)c(N2CCN(C(=O)[C@@H]3CNC(=O)N3S(=O)(=O)CC3CCCCC3)CC2)c1. The van der Waals surface area contributed by atoms with Gasteiger partial charge in [0.25, 0.3) is 0 Å². The number of nitrogens with one attached hydrogen (secondary N) is 1. The van der Waals surface area contributed by atoms with Crippen LogP contribution in [0.15, 0.2) is 18.2 Å². The van der Waals surface area contributed by atoms with Crippen molar-refractivity contribution in [3.8, 4) is 0 Å². The second kappa shape index (κ2) is 9.29. The van der Waals surface area contributed by atoms with E-state index in [4.69, 9.17) is 0 Å². The third kappa shape index (κ3) is 4.72. The Morgan fingerprint density at radius 1 is 1.06 bits per heavy atom. The fourth-order valence-electron chi connectivity index (χ4n) is 5.16. The van der Waals surface area contributed by atoms with Gasteiger partial charge in [-0.15, -0.1) is 0 Å². The second-order valence-electron chi connectivity index (χ2n) is 9.38. The molecule has 0 aromatic heterocycles. The predicted octanol–water partition coefficient (Wildman–Crippen LogP) is 2.26. The van der Waals surface area contributed by atoms with Gasteiger partial charge >= 0.3 is 6.03 Å². The summed E-state index contributed by atoms with van der Waals surface area (Å²) in [6, 6.07) is 4.70. The number of carbonyl (C=O) groups excluding carboxylic acids is 2. The van der Waals surface area contributed by atoms with E-state index in [-0.39, 0.29) is 24.1 Å². The predicted molar refractivity (Wildman–Crippen MR) is 124 cm³/mol. The number of amides is 3. The minimum Gasteiger partial charge on any atom is -0.368 e. The van der Waals surface area contributed by atoms with E-state index in [1.807, 2.05) is 0 Å². The number of sulfonamides is 1. The Hall–Kier alpha value is -2.29. The summed E-state index contributed by atoms with van der Waals surface area (Å²) >= 11 is 0. The zero-order chi connectivity index (χ0) is 22.9. The molecule has 0 radical (unpaired) electrons. The number of aryl methyl sites for hydroxylation is 2. The first-order chi connectivity index (χ1) is 15.3. The molecule has 3 amide bonds. The third-order valence-corrected chi connectivity index (χ3v) is 8.89. The van der Waals surface area contributed by atoms with E-state index in [0.29, 0.717) is 26.2 Å². The van der Waals surface area contributed by atoms with E-state index in [1.165, 1.54) is 16.8 Å². The van der Waals surface area contributed by atoms with E-state index in [0.717, 1.165) is 36.4 Å². The zero-order valence-corrected chi connectivity index (χ0v) is 19.9. The van der Waals surface area contributed by atoms with Gasteiger partial charge in [-0.3, -0.25) is 4.79 Å². The molecule has 176 valence electrons. The fraction of sp³-hybridized carbons (Fsp3) is 0.652. The van der Waals surface area contributed by atoms with E-state index in [1.54, 1.807) is 4.90 Å². The molecule has 1 atom stereocenters. The van der Waals surface area contributed by atoms with Gasteiger partial charge in [-0.05, 0) is 49.8 Å². The summed E-state index contributed by atoms with van der Waals surface area (Å²) in [6.07, 6.45) is 4.93. The minimum atomic E-state index is -3.84.